The summed E-state index contributed by atoms with van der Waals surface area (Å²) in [5.74, 6) is 0.0583. The lowest BCUT2D eigenvalue weighted by Crippen LogP contribution is -2.18. The molecule has 0 aliphatic heterocycles. The average Bonchev–Trinajstić information content (AvgIpc) is 3.24. The van der Waals surface area contributed by atoms with Crippen LogP contribution in [0.4, 0.5) is 0 Å². The molecule has 0 amide bonds. The van der Waals surface area contributed by atoms with Crippen molar-refractivity contribution in [2.24, 2.45) is 0 Å². The van der Waals surface area contributed by atoms with Crippen LogP contribution in [-0.4, -0.2) is 17.6 Å². The molecule has 2 unspecified atom stereocenters. The summed E-state index contributed by atoms with van der Waals surface area (Å²) in [6.45, 7) is 4.16. The van der Waals surface area contributed by atoms with E-state index in [9.17, 15) is 4.79 Å². The third-order valence-electron chi connectivity index (χ3n) is 5.29. The van der Waals surface area contributed by atoms with Crippen LogP contribution in [0.3, 0.4) is 0 Å². The van der Waals surface area contributed by atoms with E-state index in [1.54, 1.807) is 6.92 Å². The minimum absolute atomic E-state index is 0.304. The normalized spacial score (nSPS) is 11.8. The summed E-state index contributed by atoms with van der Waals surface area (Å²) in [5, 5.41) is 1.09. The predicted molar refractivity (Wildman–Crippen MR) is 131 cm³/mol. The molecule has 1 heterocycles. The van der Waals surface area contributed by atoms with Crippen LogP contribution in [-0.2, 0) is 16.0 Å². The number of carbonyl (C=O) groups excluding carboxylic acids is 1. The van der Waals surface area contributed by atoms with Gasteiger partial charge in [-0.1, -0.05) is 84.4 Å². The Kier molecular flexibility index (Phi) is 6.82. The van der Waals surface area contributed by atoms with Crippen LogP contribution in [0.1, 0.15) is 29.9 Å². The van der Waals surface area contributed by atoms with Crippen molar-refractivity contribution >= 4 is 20.5 Å². The average molecular weight is 443 g/mol. The summed E-state index contributed by atoms with van der Waals surface area (Å²) >= 11 is 0. The summed E-state index contributed by atoms with van der Waals surface area (Å²) in [6, 6.07) is 26.0. The number of aromatic nitrogens is 1. The lowest BCUT2D eigenvalue weighted by Gasteiger charge is -2.12. The lowest BCUT2D eigenvalue weighted by molar-refractivity contribution is -0.145. The highest BCUT2D eigenvalue weighted by atomic mass is 31.0. The van der Waals surface area contributed by atoms with Gasteiger partial charge in [0.05, 0.1) is 6.61 Å². The SMILES string of the molecule is CCOC(=O)C(Cc1ccccc1)c1nc(-c2ccc(P)cc2)c(-c2ccc(C)cc2)o1. The van der Waals surface area contributed by atoms with E-state index in [1.165, 1.54) is 0 Å². The van der Waals surface area contributed by atoms with Crippen LogP contribution in [0, 0.1) is 6.92 Å². The number of oxazole rings is 1. The number of carbonyl (C=O) groups is 1. The van der Waals surface area contributed by atoms with Gasteiger partial charge in [0.15, 0.2) is 5.76 Å². The molecule has 0 spiro atoms. The number of nitrogens with zero attached hydrogens (tertiary/aromatic N) is 1. The summed E-state index contributed by atoms with van der Waals surface area (Å²) in [4.78, 5) is 17.7. The fourth-order valence-corrected chi connectivity index (χ4v) is 3.78. The van der Waals surface area contributed by atoms with Gasteiger partial charge in [0.1, 0.15) is 11.6 Å². The standard InChI is InChI=1S/C27H26NO3P/c1-3-30-27(29)23(17-19-7-5-4-6-8-19)26-28-24(20-13-15-22(32)16-14-20)25(31-26)21-11-9-18(2)10-12-21/h4-16,23H,3,17,32H2,1-2H3. The Labute approximate surface area is 190 Å². The lowest BCUT2D eigenvalue weighted by atomic mass is 9.99. The number of rotatable bonds is 7. The van der Waals surface area contributed by atoms with Crippen molar-refractivity contribution < 1.29 is 13.9 Å². The molecule has 4 rings (SSSR count). The molecular formula is C27H26NO3P. The number of esters is 1. The van der Waals surface area contributed by atoms with Crippen LogP contribution >= 0.6 is 9.24 Å². The van der Waals surface area contributed by atoms with Crippen molar-refractivity contribution in [2.45, 2.75) is 26.2 Å². The van der Waals surface area contributed by atoms with Crippen molar-refractivity contribution in [3.8, 4) is 22.6 Å². The highest BCUT2D eigenvalue weighted by Gasteiger charge is 2.30. The van der Waals surface area contributed by atoms with E-state index >= 15 is 0 Å². The molecule has 0 aliphatic rings. The third-order valence-corrected chi connectivity index (χ3v) is 5.68. The summed E-state index contributed by atoms with van der Waals surface area (Å²) in [6.07, 6.45) is 0.456. The van der Waals surface area contributed by atoms with Crippen LogP contribution in [0.5, 0.6) is 0 Å². The van der Waals surface area contributed by atoms with Crippen LogP contribution in [0.2, 0.25) is 0 Å². The van der Waals surface area contributed by atoms with E-state index < -0.39 is 5.92 Å². The zero-order valence-corrected chi connectivity index (χ0v) is 19.4. The fourth-order valence-electron chi connectivity index (χ4n) is 3.59. The fraction of sp³-hybridized carbons (Fsp3) is 0.185. The Morgan fingerprint density at radius 3 is 2.28 bits per heavy atom. The Morgan fingerprint density at radius 1 is 0.969 bits per heavy atom. The number of hydrogen-bond acceptors (Lipinski definition) is 4. The molecule has 0 saturated heterocycles. The first-order chi connectivity index (χ1) is 15.5. The van der Waals surface area contributed by atoms with E-state index in [0.29, 0.717) is 24.7 Å². The Morgan fingerprint density at radius 2 is 1.62 bits per heavy atom. The van der Waals surface area contributed by atoms with Gasteiger partial charge in [-0.15, -0.1) is 9.24 Å². The molecule has 1 aromatic heterocycles. The third kappa shape index (κ3) is 4.98. The van der Waals surface area contributed by atoms with Gasteiger partial charge < -0.3 is 9.15 Å². The second-order valence-electron chi connectivity index (χ2n) is 7.71. The smallest absolute Gasteiger partial charge is 0.318 e. The minimum Gasteiger partial charge on any atom is -0.465 e. The molecular weight excluding hydrogens is 417 g/mol. The van der Waals surface area contributed by atoms with Gasteiger partial charge in [-0.05, 0) is 31.1 Å². The Bertz CT molecular complexity index is 1120. The van der Waals surface area contributed by atoms with E-state index in [-0.39, 0.29) is 5.97 Å². The molecule has 2 atom stereocenters. The van der Waals surface area contributed by atoms with Crippen LogP contribution < -0.4 is 5.30 Å². The first kappa shape index (κ1) is 22.0. The summed E-state index contributed by atoms with van der Waals surface area (Å²) < 4.78 is 11.7. The topological polar surface area (TPSA) is 52.3 Å². The molecule has 0 bridgehead atoms. The first-order valence-electron chi connectivity index (χ1n) is 10.7. The molecule has 4 aromatic rings. The molecule has 0 N–H and O–H groups in total. The number of hydrogen-bond donors (Lipinski definition) is 0. The number of aryl methyl sites for hydroxylation is 1. The van der Waals surface area contributed by atoms with Gasteiger partial charge in [-0.25, -0.2) is 4.98 Å². The molecule has 0 aliphatic carbocycles. The molecule has 0 fully saturated rings. The maximum absolute atomic E-state index is 12.9. The van der Waals surface area contributed by atoms with Crippen molar-refractivity contribution in [3.05, 3.63) is 95.9 Å². The highest BCUT2D eigenvalue weighted by Crippen LogP contribution is 2.36. The predicted octanol–water partition coefficient (Wildman–Crippen LogP) is 5.71. The number of ether oxygens (including phenoxy) is 1. The van der Waals surface area contributed by atoms with Gasteiger partial charge in [0.25, 0.3) is 0 Å². The number of benzene rings is 3. The van der Waals surface area contributed by atoms with Gasteiger partial charge in [0.2, 0.25) is 5.89 Å². The molecule has 162 valence electrons. The van der Waals surface area contributed by atoms with Gasteiger partial charge >= 0.3 is 5.97 Å². The quantitative estimate of drug-likeness (QED) is 0.271. The maximum Gasteiger partial charge on any atom is 0.318 e. The van der Waals surface area contributed by atoms with Crippen molar-refractivity contribution in [1.82, 2.24) is 4.98 Å². The van der Waals surface area contributed by atoms with Gasteiger partial charge in [-0.3, -0.25) is 4.79 Å². The van der Waals surface area contributed by atoms with Crippen LogP contribution in [0.25, 0.3) is 22.6 Å². The van der Waals surface area contributed by atoms with E-state index in [1.807, 2.05) is 85.8 Å². The van der Waals surface area contributed by atoms with Crippen molar-refractivity contribution in [3.63, 3.8) is 0 Å². The van der Waals surface area contributed by atoms with Gasteiger partial charge in [-0.2, -0.15) is 0 Å². The largest absolute Gasteiger partial charge is 0.465 e. The van der Waals surface area contributed by atoms with E-state index in [2.05, 4.69) is 9.24 Å². The maximum atomic E-state index is 12.9. The molecule has 5 heteroatoms. The molecule has 4 nitrogen and oxygen atoms in total. The summed E-state index contributed by atoms with van der Waals surface area (Å²) in [7, 11) is 2.69. The Hall–Kier alpha value is -3.23. The summed E-state index contributed by atoms with van der Waals surface area (Å²) in [5.41, 5.74) is 4.76. The Balaban J connectivity index is 1.82. The highest BCUT2D eigenvalue weighted by molar-refractivity contribution is 7.27. The molecule has 0 radical (unpaired) electrons. The van der Waals surface area contributed by atoms with Gasteiger partial charge in [0, 0.05) is 11.1 Å². The minimum atomic E-state index is -0.628. The first-order valence-corrected chi connectivity index (χ1v) is 11.3. The van der Waals surface area contributed by atoms with Crippen LogP contribution in [0.15, 0.2) is 83.3 Å². The monoisotopic (exact) mass is 443 g/mol. The zero-order chi connectivity index (χ0) is 22.5. The second-order valence-corrected chi connectivity index (χ2v) is 8.38. The molecule has 3 aromatic carbocycles. The molecule has 32 heavy (non-hydrogen) atoms. The van der Waals surface area contributed by atoms with Crippen molar-refractivity contribution in [1.29, 1.82) is 0 Å². The van der Waals surface area contributed by atoms with Crippen molar-refractivity contribution in [2.75, 3.05) is 6.61 Å². The zero-order valence-electron chi connectivity index (χ0n) is 18.2. The molecule has 0 saturated carbocycles. The second kappa shape index (κ2) is 9.93. The van der Waals surface area contributed by atoms with E-state index in [0.717, 1.165) is 33.3 Å². The van der Waals surface area contributed by atoms with E-state index in [4.69, 9.17) is 14.1 Å².